The van der Waals surface area contributed by atoms with Gasteiger partial charge in [0.1, 0.15) is 5.82 Å². The molecule has 2 atom stereocenters. The summed E-state index contributed by atoms with van der Waals surface area (Å²) in [4.78, 5) is 0. The summed E-state index contributed by atoms with van der Waals surface area (Å²) in [5.41, 5.74) is 6.98. The molecule has 2 nitrogen and oxygen atoms in total. The predicted octanol–water partition coefficient (Wildman–Crippen LogP) is 3.27. The molecule has 1 aromatic rings. The Balaban J connectivity index is 2.68. The highest BCUT2D eigenvalue weighted by atomic mass is 79.9. The molecule has 0 saturated heterocycles. The maximum Gasteiger partial charge on any atom is 0.124 e. The number of methoxy groups -OCH3 is 1. The summed E-state index contributed by atoms with van der Waals surface area (Å²) in [5, 5.41) is 0. The smallest absolute Gasteiger partial charge is 0.124 e. The van der Waals surface area contributed by atoms with Gasteiger partial charge in [-0.1, -0.05) is 29.3 Å². The number of benzene rings is 1. The van der Waals surface area contributed by atoms with Gasteiger partial charge in [-0.15, -0.1) is 0 Å². The maximum absolute atomic E-state index is 13.2. The molecule has 17 heavy (non-hydrogen) atoms. The van der Waals surface area contributed by atoms with Crippen LogP contribution >= 0.6 is 15.9 Å². The molecule has 0 bridgehead atoms. The zero-order valence-corrected chi connectivity index (χ0v) is 11.8. The fraction of sp³-hybridized carbons (Fsp3) is 0.538. The highest BCUT2D eigenvalue weighted by Gasteiger charge is 2.17. The Hall–Kier alpha value is -0.450. The standard InChI is InChI=1S/C13H19BrFNO/c1-3-4-13(17-2)12(16)7-9-5-10(14)8-11(15)6-9/h5-6,8,12-13H,3-4,7,16H2,1-2H3. The number of halogens is 2. The van der Waals surface area contributed by atoms with E-state index >= 15 is 0 Å². The number of rotatable bonds is 6. The minimum absolute atomic E-state index is 0.0297. The molecule has 0 spiro atoms. The molecule has 0 aromatic heterocycles. The van der Waals surface area contributed by atoms with Crippen molar-refractivity contribution in [3.63, 3.8) is 0 Å². The van der Waals surface area contributed by atoms with Crippen molar-refractivity contribution < 1.29 is 9.13 Å². The maximum atomic E-state index is 13.2. The van der Waals surface area contributed by atoms with E-state index < -0.39 is 0 Å². The quantitative estimate of drug-likeness (QED) is 0.875. The Morgan fingerprint density at radius 3 is 2.65 bits per heavy atom. The van der Waals surface area contributed by atoms with Crippen LogP contribution in [-0.2, 0) is 11.2 Å². The first-order valence-electron chi connectivity index (χ1n) is 5.80. The first kappa shape index (κ1) is 14.6. The molecular weight excluding hydrogens is 285 g/mol. The normalized spacial score (nSPS) is 14.6. The van der Waals surface area contributed by atoms with Crippen molar-refractivity contribution >= 4 is 15.9 Å². The summed E-state index contributed by atoms with van der Waals surface area (Å²) in [6, 6.07) is 4.74. The van der Waals surface area contributed by atoms with Gasteiger partial charge in [0.2, 0.25) is 0 Å². The van der Waals surface area contributed by atoms with Gasteiger partial charge in [-0.05, 0) is 36.6 Å². The van der Waals surface area contributed by atoms with Crippen molar-refractivity contribution in [2.24, 2.45) is 5.73 Å². The molecule has 0 aliphatic heterocycles. The largest absolute Gasteiger partial charge is 0.380 e. The topological polar surface area (TPSA) is 35.2 Å². The van der Waals surface area contributed by atoms with Gasteiger partial charge in [0.15, 0.2) is 0 Å². The highest BCUT2D eigenvalue weighted by Crippen LogP contribution is 2.17. The Kier molecular flexibility index (Phi) is 6.09. The van der Waals surface area contributed by atoms with Crippen LogP contribution in [0.5, 0.6) is 0 Å². The van der Waals surface area contributed by atoms with E-state index in [2.05, 4.69) is 22.9 Å². The SMILES string of the molecule is CCCC(OC)C(N)Cc1cc(F)cc(Br)c1. The molecule has 0 fully saturated rings. The third-order valence-electron chi connectivity index (χ3n) is 2.75. The van der Waals surface area contributed by atoms with Crippen LogP contribution in [0.1, 0.15) is 25.3 Å². The van der Waals surface area contributed by atoms with E-state index in [-0.39, 0.29) is 18.0 Å². The second-order valence-corrected chi connectivity index (χ2v) is 5.12. The Morgan fingerprint density at radius 2 is 2.12 bits per heavy atom. The number of hydrogen-bond donors (Lipinski definition) is 1. The zero-order valence-electron chi connectivity index (χ0n) is 10.2. The number of hydrogen-bond acceptors (Lipinski definition) is 2. The van der Waals surface area contributed by atoms with Gasteiger partial charge in [-0.3, -0.25) is 0 Å². The van der Waals surface area contributed by atoms with Crippen molar-refractivity contribution in [2.75, 3.05) is 7.11 Å². The van der Waals surface area contributed by atoms with Crippen LogP contribution in [0.2, 0.25) is 0 Å². The molecule has 0 heterocycles. The molecule has 2 N–H and O–H groups in total. The summed E-state index contributed by atoms with van der Waals surface area (Å²) < 4.78 is 19.3. The first-order valence-corrected chi connectivity index (χ1v) is 6.59. The van der Waals surface area contributed by atoms with Gasteiger partial charge in [0.05, 0.1) is 6.10 Å². The van der Waals surface area contributed by atoms with Crippen molar-refractivity contribution in [3.05, 3.63) is 34.1 Å². The Morgan fingerprint density at radius 1 is 1.41 bits per heavy atom. The minimum atomic E-state index is -0.244. The molecule has 4 heteroatoms. The van der Waals surface area contributed by atoms with E-state index in [9.17, 15) is 4.39 Å². The van der Waals surface area contributed by atoms with Crippen LogP contribution in [0, 0.1) is 5.82 Å². The van der Waals surface area contributed by atoms with Crippen molar-refractivity contribution in [2.45, 2.75) is 38.3 Å². The van der Waals surface area contributed by atoms with Crippen LogP contribution in [-0.4, -0.2) is 19.3 Å². The lowest BCUT2D eigenvalue weighted by molar-refractivity contribution is 0.0726. The van der Waals surface area contributed by atoms with Gasteiger partial charge >= 0.3 is 0 Å². The molecule has 0 radical (unpaired) electrons. The van der Waals surface area contributed by atoms with E-state index in [1.54, 1.807) is 7.11 Å². The second kappa shape index (κ2) is 7.09. The third-order valence-corrected chi connectivity index (χ3v) is 3.21. The average molecular weight is 304 g/mol. The van der Waals surface area contributed by atoms with E-state index in [0.29, 0.717) is 6.42 Å². The van der Waals surface area contributed by atoms with Gasteiger partial charge in [-0.2, -0.15) is 0 Å². The van der Waals surface area contributed by atoms with Crippen LogP contribution in [0.4, 0.5) is 4.39 Å². The third kappa shape index (κ3) is 4.74. The zero-order chi connectivity index (χ0) is 12.8. The second-order valence-electron chi connectivity index (χ2n) is 4.21. The molecule has 0 saturated carbocycles. The molecule has 96 valence electrons. The molecule has 0 aliphatic rings. The van der Waals surface area contributed by atoms with Gasteiger partial charge in [0, 0.05) is 17.6 Å². The van der Waals surface area contributed by atoms with Crippen LogP contribution in [0.25, 0.3) is 0 Å². The van der Waals surface area contributed by atoms with E-state index in [4.69, 9.17) is 10.5 Å². The lowest BCUT2D eigenvalue weighted by atomic mass is 9.99. The van der Waals surface area contributed by atoms with E-state index in [1.165, 1.54) is 12.1 Å². The molecule has 1 rings (SSSR count). The fourth-order valence-corrected chi connectivity index (χ4v) is 2.44. The fourth-order valence-electron chi connectivity index (χ4n) is 1.92. The molecule has 0 aliphatic carbocycles. The minimum Gasteiger partial charge on any atom is -0.380 e. The molecular formula is C13H19BrFNO. The summed E-state index contributed by atoms with van der Waals surface area (Å²) in [6.07, 6.45) is 2.60. The van der Waals surface area contributed by atoms with E-state index in [0.717, 1.165) is 22.9 Å². The predicted molar refractivity (Wildman–Crippen MR) is 71.5 cm³/mol. The van der Waals surface area contributed by atoms with E-state index in [1.807, 2.05) is 6.07 Å². The van der Waals surface area contributed by atoms with Gasteiger partial charge in [0.25, 0.3) is 0 Å². The van der Waals surface area contributed by atoms with Crippen molar-refractivity contribution in [3.8, 4) is 0 Å². The number of ether oxygens (including phenoxy) is 1. The summed E-state index contributed by atoms with van der Waals surface area (Å²) in [6.45, 7) is 2.09. The van der Waals surface area contributed by atoms with Crippen molar-refractivity contribution in [1.29, 1.82) is 0 Å². The molecule has 2 unspecified atom stereocenters. The summed E-state index contributed by atoms with van der Waals surface area (Å²) in [7, 11) is 1.67. The first-order chi connectivity index (χ1) is 8.06. The molecule has 1 aromatic carbocycles. The summed E-state index contributed by atoms with van der Waals surface area (Å²) >= 11 is 3.28. The highest BCUT2D eigenvalue weighted by molar-refractivity contribution is 9.10. The van der Waals surface area contributed by atoms with Crippen molar-refractivity contribution in [1.82, 2.24) is 0 Å². The lowest BCUT2D eigenvalue weighted by Gasteiger charge is -2.22. The lowest BCUT2D eigenvalue weighted by Crippen LogP contribution is -2.37. The van der Waals surface area contributed by atoms with Crippen LogP contribution < -0.4 is 5.73 Å². The van der Waals surface area contributed by atoms with Gasteiger partial charge in [-0.25, -0.2) is 4.39 Å². The Labute approximate surface area is 110 Å². The average Bonchev–Trinajstić information content (AvgIpc) is 2.24. The molecule has 0 amide bonds. The van der Waals surface area contributed by atoms with Crippen LogP contribution in [0.3, 0.4) is 0 Å². The van der Waals surface area contributed by atoms with Gasteiger partial charge < -0.3 is 10.5 Å². The monoisotopic (exact) mass is 303 g/mol. The summed E-state index contributed by atoms with van der Waals surface area (Å²) in [5.74, 6) is -0.244. The number of nitrogens with two attached hydrogens (primary N) is 1. The Bertz CT molecular complexity index is 339. The van der Waals surface area contributed by atoms with Crippen LogP contribution in [0.15, 0.2) is 22.7 Å².